The second kappa shape index (κ2) is 9.74. The fraction of sp³-hybridized carbons (Fsp3) is 0.381. The van der Waals surface area contributed by atoms with Crippen LogP contribution < -0.4 is 10.1 Å². The van der Waals surface area contributed by atoms with Crippen molar-refractivity contribution in [2.24, 2.45) is 0 Å². The Kier molecular flexibility index (Phi) is 7.10. The van der Waals surface area contributed by atoms with Gasteiger partial charge in [0.05, 0.1) is 31.4 Å². The van der Waals surface area contributed by atoms with Crippen LogP contribution in [0.3, 0.4) is 0 Å². The normalized spacial score (nSPS) is 17.5. The molecule has 1 atom stereocenters. The van der Waals surface area contributed by atoms with Gasteiger partial charge in [-0.25, -0.2) is 0 Å². The summed E-state index contributed by atoms with van der Waals surface area (Å²) in [7, 11) is 0. The largest absolute Gasteiger partial charge is 0.492 e. The number of ether oxygens (including phenoxy) is 2. The Labute approximate surface area is 165 Å². The van der Waals surface area contributed by atoms with E-state index < -0.39 is 0 Å². The zero-order chi connectivity index (χ0) is 19.1. The highest BCUT2D eigenvalue weighted by Crippen LogP contribution is 2.28. The third-order valence-corrected chi connectivity index (χ3v) is 4.64. The zero-order valence-corrected chi connectivity index (χ0v) is 16.2. The van der Waals surface area contributed by atoms with E-state index >= 15 is 0 Å². The lowest BCUT2D eigenvalue weighted by Gasteiger charge is -2.32. The van der Waals surface area contributed by atoms with E-state index in [1.165, 1.54) is 5.56 Å². The number of rotatable bonds is 7. The molecule has 5 nitrogen and oxygen atoms in total. The molecule has 1 unspecified atom stereocenters. The van der Waals surface area contributed by atoms with Crippen LogP contribution in [0.1, 0.15) is 18.9 Å². The summed E-state index contributed by atoms with van der Waals surface area (Å²) in [6.45, 7) is 5.52. The summed E-state index contributed by atoms with van der Waals surface area (Å²) in [5.74, 6) is 0.510. The van der Waals surface area contributed by atoms with Crippen molar-refractivity contribution < 1.29 is 14.3 Å². The van der Waals surface area contributed by atoms with Crippen LogP contribution in [0, 0.1) is 0 Å². The molecule has 0 aliphatic carbocycles. The third kappa shape index (κ3) is 5.96. The van der Waals surface area contributed by atoms with Crippen molar-refractivity contribution in [3.63, 3.8) is 0 Å². The van der Waals surface area contributed by atoms with Crippen LogP contribution in [-0.4, -0.2) is 43.2 Å². The number of morpholine rings is 1. The maximum absolute atomic E-state index is 12.5. The zero-order valence-electron chi connectivity index (χ0n) is 15.5. The van der Waals surface area contributed by atoms with Crippen LogP contribution in [0.5, 0.6) is 5.75 Å². The number of nitrogens with zero attached hydrogens (tertiary/aromatic N) is 1. The minimum atomic E-state index is -0.128. The monoisotopic (exact) mass is 388 g/mol. The number of halogens is 1. The van der Waals surface area contributed by atoms with Gasteiger partial charge in [0, 0.05) is 24.7 Å². The van der Waals surface area contributed by atoms with Crippen LogP contribution in [0.25, 0.3) is 0 Å². The Bertz CT molecular complexity index is 754. The fourth-order valence-electron chi connectivity index (χ4n) is 3.18. The predicted octanol–water partition coefficient (Wildman–Crippen LogP) is 3.97. The molecule has 1 aliphatic heterocycles. The predicted molar refractivity (Wildman–Crippen MR) is 107 cm³/mol. The number of hydrogen-bond donors (Lipinski definition) is 1. The molecule has 1 aliphatic rings. The molecule has 0 aromatic heterocycles. The number of nitrogens with one attached hydrogen (secondary N) is 1. The molecular weight excluding hydrogens is 364 g/mol. The lowest BCUT2D eigenvalue weighted by atomic mass is 10.1. The standard InChI is InChI=1S/C21H25ClN2O3/c1-2-26-20-9-8-17(22)12-19(20)23-21(25)13-18-15-24(10-11-27-18)14-16-6-4-3-5-7-16/h3-9,12,18H,2,10-11,13-15H2,1H3,(H,23,25). The summed E-state index contributed by atoms with van der Waals surface area (Å²) in [5, 5.41) is 3.45. The van der Waals surface area contributed by atoms with Crippen molar-refractivity contribution in [1.29, 1.82) is 0 Å². The molecule has 2 aromatic carbocycles. The molecule has 1 amide bonds. The van der Waals surface area contributed by atoms with Gasteiger partial charge < -0.3 is 14.8 Å². The molecule has 0 spiro atoms. The van der Waals surface area contributed by atoms with Crippen molar-refractivity contribution in [2.45, 2.75) is 26.0 Å². The van der Waals surface area contributed by atoms with Gasteiger partial charge in [-0.05, 0) is 30.7 Å². The van der Waals surface area contributed by atoms with Gasteiger partial charge in [-0.3, -0.25) is 9.69 Å². The molecule has 27 heavy (non-hydrogen) atoms. The Morgan fingerprint density at radius 3 is 2.89 bits per heavy atom. The number of benzene rings is 2. The molecule has 1 heterocycles. The average Bonchev–Trinajstić information content (AvgIpc) is 2.65. The quantitative estimate of drug-likeness (QED) is 0.779. The molecule has 0 radical (unpaired) electrons. The molecule has 3 rings (SSSR count). The first-order valence-electron chi connectivity index (χ1n) is 9.24. The van der Waals surface area contributed by atoms with Gasteiger partial charge in [0.25, 0.3) is 0 Å². The number of carbonyl (C=O) groups is 1. The topological polar surface area (TPSA) is 50.8 Å². The van der Waals surface area contributed by atoms with Crippen LogP contribution in [-0.2, 0) is 16.1 Å². The van der Waals surface area contributed by atoms with Gasteiger partial charge in [-0.2, -0.15) is 0 Å². The van der Waals surface area contributed by atoms with Gasteiger partial charge in [-0.15, -0.1) is 0 Å². The summed E-state index contributed by atoms with van der Waals surface area (Å²) in [6.07, 6.45) is 0.167. The first-order chi connectivity index (χ1) is 13.1. The number of anilines is 1. The van der Waals surface area contributed by atoms with Gasteiger partial charge in [0.1, 0.15) is 5.75 Å². The number of carbonyl (C=O) groups excluding carboxylic acids is 1. The van der Waals surface area contributed by atoms with Gasteiger partial charge >= 0.3 is 0 Å². The number of hydrogen-bond acceptors (Lipinski definition) is 4. The Hall–Kier alpha value is -2.08. The van der Waals surface area contributed by atoms with Crippen molar-refractivity contribution >= 4 is 23.2 Å². The maximum atomic E-state index is 12.5. The fourth-order valence-corrected chi connectivity index (χ4v) is 3.35. The lowest BCUT2D eigenvalue weighted by Crippen LogP contribution is -2.43. The van der Waals surface area contributed by atoms with E-state index in [1.54, 1.807) is 18.2 Å². The van der Waals surface area contributed by atoms with E-state index in [-0.39, 0.29) is 12.0 Å². The highest BCUT2D eigenvalue weighted by molar-refractivity contribution is 6.31. The summed E-state index contributed by atoms with van der Waals surface area (Å²) < 4.78 is 11.3. The molecule has 0 saturated carbocycles. The Balaban J connectivity index is 1.55. The van der Waals surface area contributed by atoms with Gasteiger partial charge in [0.2, 0.25) is 5.91 Å². The second-order valence-electron chi connectivity index (χ2n) is 6.54. The van der Waals surface area contributed by atoms with Crippen LogP contribution in [0.4, 0.5) is 5.69 Å². The summed E-state index contributed by atoms with van der Waals surface area (Å²) in [5.41, 5.74) is 1.86. The Morgan fingerprint density at radius 1 is 1.30 bits per heavy atom. The van der Waals surface area contributed by atoms with Crippen LogP contribution >= 0.6 is 11.6 Å². The highest BCUT2D eigenvalue weighted by Gasteiger charge is 2.23. The summed E-state index contributed by atoms with van der Waals surface area (Å²) >= 11 is 6.05. The minimum Gasteiger partial charge on any atom is -0.492 e. The SMILES string of the molecule is CCOc1ccc(Cl)cc1NC(=O)CC1CN(Cc2ccccc2)CCO1. The third-order valence-electron chi connectivity index (χ3n) is 4.40. The molecule has 6 heteroatoms. The van der Waals surface area contributed by atoms with E-state index in [2.05, 4.69) is 22.3 Å². The Morgan fingerprint density at radius 2 is 2.11 bits per heavy atom. The smallest absolute Gasteiger partial charge is 0.227 e. The summed E-state index contributed by atoms with van der Waals surface area (Å²) in [4.78, 5) is 14.8. The molecule has 1 saturated heterocycles. The molecular formula is C21H25ClN2O3. The maximum Gasteiger partial charge on any atom is 0.227 e. The van der Waals surface area contributed by atoms with Crippen LogP contribution in [0.15, 0.2) is 48.5 Å². The van der Waals surface area contributed by atoms with E-state index in [9.17, 15) is 4.79 Å². The van der Waals surface area contributed by atoms with Crippen LogP contribution in [0.2, 0.25) is 5.02 Å². The highest BCUT2D eigenvalue weighted by atomic mass is 35.5. The van der Waals surface area contributed by atoms with E-state index in [4.69, 9.17) is 21.1 Å². The molecule has 144 valence electrons. The molecule has 2 aromatic rings. The first-order valence-corrected chi connectivity index (χ1v) is 9.62. The van der Waals surface area contributed by atoms with Crippen molar-refractivity contribution in [3.05, 3.63) is 59.1 Å². The molecule has 0 bridgehead atoms. The van der Waals surface area contributed by atoms with Crippen molar-refractivity contribution in [2.75, 3.05) is 31.6 Å². The van der Waals surface area contributed by atoms with Crippen molar-refractivity contribution in [3.8, 4) is 5.75 Å². The van der Waals surface area contributed by atoms with Gasteiger partial charge in [0.15, 0.2) is 0 Å². The second-order valence-corrected chi connectivity index (χ2v) is 6.98. The summed E-state index contributed by atoms with van der Waals surface area (Å²) in [6, 6.07) is 15.5. The van der Waals surface area contributed by atoms with E-state index in [0.29, 0.717) is 36.1 Å². The van der Waals surface area contributed by atoms with E-state index in [1.807, 2.05) is 25.1 Å². The van der Waals surface area contributed by atoms with Crippen molar-refractivity contribution in [1.82, 2.24) is 4.90 Å². The lowest BCUT2D eigenvalue weighted by molar-refractivity contribution is -0.121. The number of amides is 1. The molecule has 1 fully saturated rings. The average molecular weight is 389 g/mol. The molecule has 1 N–H and O–H groups in total. The first kappa shape index (κ1) is 19.7. The van der Waals surface area contributed by atoms with Gasteiger partial charge in [-0.1, -0.05) is 41.9 Å². The van der Waals surface area contributed by atoms with E-state index in [0.717, 1.165) is 19.6 Å². The minimum absolute atomic E-state index is 0.107.